The SMILES string of the molecule is CC(C)c1cnnc(CC2CCNC2)n1. The van der Waals surface area contributed by atoms with Crippen LogP contribution in [0, 0.1) is 5.92 Å². The molecular weight excluding hydrogens is 188 g/mol. The molecule has 0 radical (unpaired) electrons. The third kappa shape index (κ3) is 2.72. The quantitative estimate of drug-likeness (QED) is 0.806. The molecule has 1 unspecified atom stereocenters. The average molecular weight is 206 g/mol. The summed E-state index contributed by atoms with van der Waals surface area (Å²) in [7, 11) is 0. The van der Waals surface area contributed by atoms with Crippen LogP contribution < -0.4 is 5.32 Å². The van der Waals surface area contributed by atoms with Crippen LogP contribution in [0.25, 0.3) is 0 Å². The first kappa shape index (κ1) is 10.5. The second-order valence-electron chi connectivity index (χ2n) is 4.52. The van der Waals surface area contributed by atoms with Crippen LogP contribution in [0.4, 0.5) is 0 Å². The fourth-order valence-electron chi connectivity index (χ4n) is 1.87. The van der Waals surface area contributed by atoms with Gasteiger partial charge in [-0.05, 0) is 31.3 Å². The minimum absolute atomic E-state index is 0.431. The van der Waals surface area contributed by atoms with E-state index in [-0.39, 0.29) is 0 Å². The van der Waals surface area contributed by atoms with E-state index >= 15 is 0 Å². The molecule has 1 aromatic rings. The largest absolute Gasteiger partial charge is 0.316 e. The first-order chi connectivity index (χ1) is 7.25. The maximum Gasteiger partial charge on any atom is 0.151 e. The fourth-order valence-corrected chi connectivity index (χ4v) is 1.87. The van der Waals surface area contributed by atoms with Crippen LogP contribution >= 0.6 is 0 Å². The third-order valence-corrected chi connectivity index (χ3v) is 2.85. The van der Waals surface area contributed by atoms with Gasteiger partial charge in [-0.25, -0.2) is 4.98 Å². The Morgan fingerprint density at radius 2 is 2.40 bits per heavy atom. The smallest absolute Gasteiger partial charge is 0.151 e. The van der Waals surface area contributed by atoms with Crippen LogP contribution in [-0.2, 0) is 6.42 Å². The summed E-state index contributed by atoms with van der Waals surface area (Å²) in [6.45, 7) is 6.48. The highest BCUT2D eigenvalue weighted by molar-refractivity contribution is 5.02. The van der Waals surface area contributed by atoms with E-state index in [1.165, 1.54) is 6.42 Å². The first-order valence-corrected chi connectivity index (χ1v) is 5.65. The topological polar surface area (TPSA) is 50.7 Å². The van der Waals surface area contributed by atoms with Crippen molar-refractivity contribution in [2.45, 2.75) is 32.6 Å². The highest BCUT2D eigenvalue weighted by Crippen LogP contribution is 2.14. The summed E-state index contributed by atoms with van der Waals surface area (Å²) < 4.78 is 0. The number of nitrogens with one attached hydrogen (secondary N) is 1. The number of aromatic nitrogens is 3. The van der Waals surface area contributed by atoms with Crippen LogP contribution in [0.5, 0.6) is 0 Å². The van der Waals surface area contributed by atoms with Gasteiger partial charge in [-0.3, -0.25) is 0 Å². The predicted octanol–water partition coefficient (Wildman–Crippen LogP) is 1.15. The molecule has 0 amide bonds. The maximum absolute atomic E-state index is 4.53. The lowest BCUT2D eigenvalue weighted by atomic mass is 10.0. The van der Waals surface area contributed by atoms with Crippen LogP contribution in [-0.4, -0.2) is 28.3 Å². The van der Waals surface area contributed by atoms with Gasteiger partial charge in [-0.15, -0.1) is 5.10 Å². The van der Waals surface area contributed by atoms with E-state index in [0.29, 0.717) is 11.8 Å². The predicted molar refractivity (Wildman–Crippen MR) is 58.6 cm³/mol. The first-order valence-electron chi connectivity index (χ1n) is 5.65. The zero-order chi connectivity index (χ0) is 10.7. The van der Waals surface area contributed by atoms with E-state index in [0.717, 1.165) is 31.0 Å². The Labute approximate surface area is 90.5 Å². The molecule has 1 atom stereocenters. The van der Waals surface area contributed by atoms with Crippen LogP contribution in [0.3, 0.4) is 0 Å². The molecule has 2 rings (SSSR count). The van der Waals surface area contributed by atoms with Crippen LogP contribution in [0.1, 0.15) is 37.7 Å². The van der Waals surface area contributed by atoms with Crippen molar-refractivity contribution in [3.63, 3.8) is 0 Å². The van der Waals surface area contributed by atoms with Crippen molar-refractivity contribution < 1.29 is 0 Å². The summed E-state index contributed by atoms with van der Waals surface area (Å²) in [4.78, 5) is 4.53. The Morgan fingerprint density at radius 1 is 1.53 bits per heavy atom. The molecule has 4 nitrogen and oxygen atoms in total. The Hall–Kier alpha value is -1.03. The molecule has 82 valence electrons. The van der Waals surface area contributed by atoms with Gasteiger partial charge in [0.2, 0.25) is 0 Å². The van der Waals surface area contributed by atoms with Gasteiger partial charge in [-0.2, -0.15) is 5.10 Å². The van der Waals surface area contributed by atoms with E-state index < -0.39 is 0 Å². The summed E-state index contributed by atoms with van der Waals surface area (Å²) in [6.07, 6.45) is 3.96. The Balaban J connectivity index is 2.04. The minimum atomic E-state index is 0.431. The molecular formula is C11H18N4. The van der Waals surface area contributed by atoms with Crippen LogP contribution in [0.15, 0.2) is 6.20 Å². The molecule has 1 aromatic heterocycles. The molecule has 0 aromatic carbocycles. The number of nitrogens with zero attached hydrogens (tertiary/aromatic N) is 3. The van der Waals surface area contributed by atoms with Crippen molar-refractivity contribution in [1.29, 1.82) is 0 Å². The zero-order valence-electron chi connectivity index (χ0n) is 9.40. The molecule has 1 fully saturated rings. The summed E-state index contributed by atoms with van der Waals surface area (Å²) in [5.74, 6) is 2.02. The van der Waals surface area contributed by atoms with Crippen molar-refractivity contribution in [2.75, 3.05) is 13.1 Å². The van der Waals surface area contributed by atoms with Gasteiger partial charge in [-0.1, -0.05) is 13.8 Å². The zero-order valence-corrected chi connectivity index (χ0v) is 9.40. The third-order valence-electron chi connectivity index (χ3n) is 2.85. The van der Waals surface area contributed by atoms with Gasteiger partial charge in [0.05, 0.1) is 11.9 Å². The molecule has 1 saturated heterocycles. The molecule has 0 spiro atoms. The lowest BCUT2D eigenvalue weighted by molar-refractivity contribution is 0.550. The molecule has 1 N–H and O–H groups in total. The van der Waals surface area contributed by atoms with E-state index in [1.54, 1.807) is 6.20 Å². The van der Waals surface area contributed by atoms with Crippen molar-refractivity contribution in [3.8, 4) is 0 Å². The molecule has 1 aliphatic rings. The monoisotopic (exact) mass is 206 g/mol. The Morgan fingerprint density at radius 3 is 3.07 bits per heavy atom. The number of rotatable bonds is 3. The van der Waals surface area contributed by atoms with Gasteiger partial charge in [0, 0.05) is 6.42 Å². The Kier molecular flexibility index (Phi) is 3.26. The standard InChI is InChI=1S/C11H18N4/c1-8(2)10-7-13-15-11(14-10)5-9-3-4-12-6-9/h7-9,12H,3-6H2,1-2H3. The summed E-state index contributed by atoms with van der Waals surface area (Å²) in [5.41, 5.74) is 1.05. The van der Waals surface area contributed by atoms with E-state index in [2.05, 4.69) is 34.3 Å². The Bertz CT molecular complexity index is 318. The second kappa shape index (κ2) is 4.66. The van der Waals surface area contributed by atoms with Crippen molar-refractivity contribution in [2.24, 2.45) is 5.92 Å². The van der Waals surface area contributed by atoms with Crippen molar-refractivity contribution >= 4 is 0 Å². The minimum Gasteiger partial charge on any atom is -0.316 e. The lowest BCUT2D eigenvalue weighted by Crippen LogP contribution is -2.13. The molecule has 0 bridgehead atoms. The second-order valence-corrected chi connectivity index (χ2v) is 4.52. The average Bonchev–Trinajstić information content (AvgIpc) is 2.71. The normalized spacial score (nSPS) is 21.1. The summed E-state index contributed by atoms with van der Waals surface area (Å²) in [6, 6.07) is 0. The maximum atomic E-state index is 4.53. The molecule has 4 heteroatoms. The van der Waals surface area contributed by atoms with E-state index in [9.17, 15) is 0 Å². The van der Waals surface area contributed by atoms with E-state index in [1.807, 2.05) is 0 Å². The van der Waals surface area contributed by atoms with Crippen LogP contribution in [0.2, 0.25) is 0 Å². The molecule has 0 aliphatic carbocycles. The summed E-state index contributed by atoms with van der Waals surface area (Å²) in [5, 5.41) is 11.5. The lowest BCUT2D eigenvalue weighted by Gasteiger charge is -2.08. The molecule has 1 aliphatic heterocycles. The summed E-state index contributed by atoms with van der Waals surface area (Å²) >= 11 is 0. The van der Waals surface area contributed by atoms with Crippen molar-refractivity contribution in [3.05, 3.63) is 17.7 Å². The number of hydrogen-bond donors (Lipinski definition) is 1. The van der Waals surface area contributed by atoms with Gasteiger partial charge in [0.25, 0.3) is 0 Å². The van der Waals surface area contributed by atoms with Crippen molar-refractivity contribution in [1.82, 2.24) is 20.5 Å². The molecule has 2 heterocycles. The highest BCUT2D eigenvalue weighted by Gasteiger charge is 2.16. The van der Waals surface area contributed by atoms with Gasteiger partial charge in [0.1, 0.15) is 0 Å². The molecule has 0 saturated carbocycles. The number of hydrogen-bond acceptors (Lipinski definition) is 4. The fraction of sp³-hybridized carbons (Fsp3) is 0.727. The molecule has 15 heavy (non-hydrogen) atoms. The van der Waals surface area contributed by atoms with Gasteiger partial charge in [0.15, 0.2) is 5.82 Å². The highest BCUT2D eigenvalue weighted by atomic mass is 15.1. The van der Waals surface area contributed by atoms with E-state index in [4.69, 9.17) is 0 Å². The van der Waals surface area contributed by atoms with Gasteiger partial charge < -0.3 is 5.32 Å². The van der Waals surface area contributed by atoms with Gasteiger partial charge >= 0.3 is 0 Å².